The molecular formula is C14H16N4OS2. The van der Waals surface area contributed by atoms with Crippen LogP contribution in [0.4, 0.5) is 0 Å². The maximum Gasteiger partial charge on any atom is 0.265 e. The van der Waals surface area contributed by atoms with Crippen LogP contribution in [0.3, 0.4) is 0 Å². The van der Waals surface area contributed by atoms with Gasteiger partial charge in [0, 0.05) is 15.8 Å². The molecule has 2 aromatic heterocycles. The van der Waals surface area contributed by atoms with E-state index in [0.717, 1.165) is 40.5 Å². The van der Waals surface area contributed by atoms with Gasteiger partial charge in [-0.2, -0.15) is 0 Å². The summed E-state index contributed by atoms with van der Waals surface area (Å²) in [6.07, 6.45) is 1.72. The highest BCUT2D eigenvalue weighted by Crippen LogP contribution is 2.15. The first-order chi connectivity index (χ1) is 10.2. The molecule has 0 aliphatic carbocycles. The van der Waals surface area contributed by atoms with E-state index in [1.54, 1.807) is 11.3 Å². The number of carbonyl (C=O) groups excluding carboxylic acids is 1. The van der Waals surface area contributed by atoms with Gasteiger partial charge >= 0.3 is 0 Å². The SMILES string of the molecule is CCCc1nnsc1C(=O)NCc1cc(C#CCN)cs1. The van der Waals surface area contributed by atoms with Gasteiger partial charge in [0.15, 0.2) is 0 Å². The van der Waals surface area contributed by atoms with E-state index in [1.807, 2.05) is 11.4 Å². The Hall–Kier alpha value is -1.75. The fourth-order valence-electron chi connectivity index (χ4n) is 1.72. The van der Waals surface area contributed by atoms with E-state index in [9.17, 15) is 4.79 Å². The Morgan fingerprint density at radius 1 is 1.52 bits per heavy atom. The summed E-state index contributed by atoms with van der Waals surface area (Å²) in [7, 11) is 0. The minimum Gasteiger partial charge on any atom is -0.346 e. The summed E-state index contributed by atoms with van der Waals surface area (Å²) in [5.74, 6) is 5.66. The van der Waals surface area contributed by atoms with Crippen molar-refractivity contribution in [2.75, 3.05) is 6.54 Å². The Morgan fingerprint density at radius 3 is 3.14 bits per heavy atom. The summed E-state index contributed by atoms with van der Waals surface area (Å²) in [5.41, 5.74) is 7.05. The number of carbonyl (C=O) groups is 1. The first kappa shape index (κ1) is 15.6. The minimum absolute atomic E-state index is 0.114. The average molecular weight is 320 g/mol. The topological polar surface area (TPSA) is 80.9 Å². The van der Waals surface area contributed by atoms with Crippen LogP contribution in [0, 0.1) is 11.8 Å². The zero-order valence-electron chi connectivity index (χ0n) is 11.7. The number of nitrogens with one attached hydrogen (secondary N) is 1. The van der Waals surface area contributed by atoms with Crippen LogP contribution in [0.2, 0.25) is 0 Å². The molecule has 1 amide bonds. The summed E-state index contributed by atoms with van der Waals surface area (Å²) >= 11 is 2.71. The quantitative estimate of drug-likeness (QED) is 0.823. The molecule has 0 bridgehead atoms. The average Bonchev–Trinajstić information content (AvgIpc) is 3.12. The number of aromatic nitrogens is 2. The van der Waals surface area contributed by atoms with Gasteiger partial charge in [-0.1, -0.05) is 29.7 Å². The molecule has 0 saturated heterocycles. The molecule has 0 atom stereocenters. The molecule has 0 aliphatic heterocycles. The highest BCUT2D eigenvalue weighted by atomic mass is 32.1. The van der Waals surface area contributed by atoms with Crippen molar-refractivity contribution in [1.29, 1.82) is 0 Å². The largest absolute Gasteiger partial charge is 0.346 e. The van der Waals surface area contributed by atoms with Crippen molar-refractivity contribution in [3.8, 4) is 11.8 Å². The number of rotatable bonds is 5. The third kappa shape index (κ3) is 4.36. The molecule has 5 nitrogen and oxygen atoms in total. The number of thiophene rings is 1. The molecule has 0 saturated carbocycles. The van der Waals surface area contributed by atoms with Crippen molar-refractivity contribution >= 4 is 28.8 Å². The monoisotopic (exact) mass is 320 g/mol. The number of nitrogens with two attached hydrogens (primary N) is 1. The predicted molar refractivity (Wildman–Crippen MR) is 85.3 cm³/mol. The Balaban J connectivity index is 1.94. The van der Waals surface area contributed by atoms with Crippen LogP contribution >= 0.6 is 22.9 Å². The van der Waals surface area contributed by atoms with Gasteiger partial charge in [-0.15, -0.1) is 16.4 Å². The lowest BCUT2D eigenvalue weighted by molar-refractivity contribution is 0.0954. The van der Waals surface area contributed by atoms with E-state index in [4.69, 9.17) is 5.73 Å². The Labute approximate surface area is 131 Å². The molecule has 7 heteroatoms. The summed E-state index contributed by atoms with van der Waals surface area (Å²) in [6.45, 7) is 2.88. The molecule has 0 aromatic carbocycles. The molecule has 0 aliphatic rings. The van der Waals surface area contributed by atoms with E-state index in [0.29, 0.717) is 18.0 Å². The zero-order chi connectivity index (χ0) is 15.1. The normalized spacial score (nSPS) is 10.0. The first-order valence-electron chi connectivity index (χ1n) is 6.60. The molecule has 0 unspecified atom stereocenters. The molecule has 21 heavy (non-hydrogen) atoms. The number of hydrogen-bond acceptors (Lipinski definition) is 6. The lowest BCUT2D eigenvalue weighted by atomic mass is 10.2. The van der Waals surface area contributed by atoms with Crippen LogP contribution in [0.15, 0.2) is 11.4 Å². The lowest BCUT2D eigenvalue weighted by Crippen LogP contribution is -2.22. The van der Waals surface area contributed by atoms with E-state index in [-0.39, 0.29) is 5.91 Å². The highest BCUT2D eigenvalue weighted by Gasteiger charge is 2.15. The molecule has 3 N–H and O–H groups in total. The summed E-state index contributed by atoms with van der Waals surface area (Å²) < 4.78 is 3.86. The number of hydrogen-bond donors (Lipinski definition) is 2. The maximum atomic E-state index is 12.1. The smallest absolute Gasteiger partial charge is 0.265 e. The number of nitrogens with zero attached hydrogens (tertiary/aromatic N) is 2. The Morgan fingerprint density at radius 2 is 2.38 bits per heavy atom. The van der Waals surface area contributed by atoms with Crippen LogP contribution < -0.4 is 11.1 Å². The standard InChI is InChI=1S/C14H16N4OS2/c1-2-4-12-13(21-18-17-12)14(19)16-8-11-7-10(9-20-11)5-3-6-15/h7,9H,2,4,6,8,15H2,1H3,(H,16,19). The zero-order valence-corrected chi connectivity index (χ0v) is 13.3. The maximum absolute atomic E-state index is 12.1. The van der Waals surface area contributed by atoms with Gasteiger partial charge in [-0.3, -0.25) is 4.79 Å². The lowest BCUT2D eigenvalue weighted by Gasteiger charge is -2.02. The molecule has 2 rings (SSSR count). The molecule has 2 aromatic rings. The van der Waals surface area contributed by atoms with Crippen molar-refractivity contribution in [3.63, 3.8) is 0 Å². The van der Waals surface area contributed by atoms with E-state index >= 15 is 0 Å². The van der Waals surface area contributed by atoms with E-state index < -0.39 is 0 Å². The van der Waals surface area contributed by atoms with Gasteiger partial charge < -0.3 is 11.1 Å². The third-order valence-corrected chi connectivity index (χ3v) is 4.36. The minimum atomic E-state index is -0.114. The number of amides is 1. The molecule has 2 heterocycles. The van der Waals surface area contributed by atoms with Crippen LogP contribution in [-0.4, -0.2) is 22.0 Å². The predicted octanol–water partition coefficient (Wildman–Crippen LogP) is 1.79. The van der Waals surface area contributed by atoms with Crippen molar-refractivity contribution in [3.05, 3.63) is 32.5 Å². The Kier molecular flexibility index (Phi) is 5.87. The summed E-state index contributed by atoms with van der Waals surface area (Å²) in [5, 5.41) is 8.86. The van der Waals surface area contributed by atoms with Gasteiger partial charge in [-0.25, -0.2) is 0 Å². The van der Waals surface area contributed by atoms with Crippen molar-refractivity contribution in [2.24, 2.45) is 5.73 Å². The number of aryl methyl sites for hydroxylation is 1. The third-order valence-electron chi connectivity index (χ3n) is 2.66. The van der Waals surface area contributed by atoms with Crippen LogP contribution in [-0.2, 0) is 13.0 Å². The van der Waals surface area contributed by atoms with E-state index in [1.165, 1.54) is 0 Å². The van der Waals surface area contributed by atoms with Gasteiger partial charge in [0.2, 0.25) is 0 Å². The van der Waals surface area contributed by atoms with Crippen molar-refractivity contribution in [2.45, 2.75) is 26.3 Å². The highest BCUT2D eigenvalue weighted by molar-refractivity contribution is 7.10. The van der Waals surface area contributed by atoms with Crippen LogP contribution in [0.25, 0.3) is 0 Å². The fourth-order valence-corrected chi connectivity index (χ4v) is 3.10. The molecule has 0 fully saturated rings. The van der Waals surface area contributed by atoms with Crippen molar-refractivity contribution in [1.82, 2.24) is 14.9 Å². The van der Waals surface area contributed by atoms with Gasteiger partial charge in [0.1, 0.15) is 4.88 Å². The van der Waals surface area contributed by atoms with Crippen LogP contribution in [0.1, 0.15) is 39.2 Å². The van der Waals surface area contributed by atoms with Gasteiger partial charge in [-0.05, 0) is 24.0 Å². The second-order valence-electron chi connectivity index (χ2n) is 4.29. The molecular weight excluding hydrogens is 304 g/mol. The van der Waals surface area contributed by atoms with Crippen molar-refractivity contribution < 1.29 is 4.79 Å². The summed E-state index contributed by atoms with van der Waals surface area (Å²) in [6, 6.07) is 1.96. The van der Waals surface area contributed by atoms with Crippen LogP contribution in [0.5, 0.6) is 0 Å². The summed E-state index contributed by atoms with van der Waals surface area (Å²) in [4.78, 5) is 13.8. The second-order valence-corrected chi connectivity index (χ2v) is 6.04. The molecule has 0 spiro atoms. The molecule has 110 valence electrons. The van der Waals surface area contributed by atoms with E-state index in [2.05, 4.69) is 33.7 Å². The van der Waals surface area contributed by atoms with Gasteiger partial charge in [0.05, 0.1) is 18.8 Å². The molecule has 0 radical (unpaired) electrons. The van der Waals surface area contributed by atoms with Gasteiger partial charge in [0.25, 0.3) is 5.91 Å². The Bertz CT molecular complexity index is 666. The fraction of sp³-hybridized carbons (Fsp3) is 0.357. The second kappa shape index (κ2) is 7.88. The first-order valence-corrected chi connectivity index (χ1v) is 8.25.